The Morgan fingerprint density at radius 2 is 1.32 bits per heavy atom. The smallest absolute Gasteiger partial charge is 0.126 e. The summed E-state index contributed by atoms with van der Waals surface area (Å²) in [7, 11) is 0. The second-order valence-corrected chi connectivity index (χ2v) is 6.06. The van der Waals surface area contributed by atoms with Crippen LogP contribution in [0, 0.1) is 0 Å². The molecule has 3 atom stereocenters. The van der Waals surface area contributed by atoms with Crippen LogP contribution in [-0.4, -0.2) is 17.4 Å². The summed E-state index contributed by atoms with van der Waals surface area (Å²) in [5.74, 6) is 0. The lowest BCUT2D eigenvalue weighted by Crippen LogP contribution is -2.51. The van der Waals surface area contributed by atoms with Crippen molar-refractivity contribution in [2.24, 2.45) is 0 Å². The van der Waals surface area contributed by atoms with Gasteiger partial charge in [-0.25, -0.2) is 0 Å². The van der Waals surface area contributed by atoms with Gasteiger partial charge in [0.2, 0.25) is 0 Å². The summed E-state index contributed by atoms with van der Waals surface area (Å²) in [6.45, 7) is 6.44. The maximum Gasteiger partial charge on any atom is 0.126 e. The van der Waals surface area contributed by atoms with Gasteiger partial charge in [-0.15, -0.1) is 0 Å². The van der Waals surface area contributed by atoms with Crippen molar-refractivity contribution in [1.29, 1.82) is 0 Å². The molecule has 1 unspecified atom stereocenters. The van der Waals surface area contributed by atoms with E-state index < -0.39 is 5.72 Å². The highest BCUT2D eigenvalue weighted by atomic mass is 16.3. The molecule has 0 aliphatic carbocycles. The normalized spacial score (nSPS) is 16.7. The van der Waals surface area contributed by atoms with Crippen molar-refractivity contribution < 1.29 is 5.11 Å². The number of nitrogens with one attached hydrogen (secondary N) is 2. The maximum absolute atomic E-state index is 10.6. The van der Waals surface area contributed by atoms with Crippen LogP contribution in [0.4, 0.5) is 0 Å². The fourth-order valence-electron chi connectivity index (χ4n) is 2.55. The topological polar surface area (TPSA) is 44.3 Å². The summed E-state index contributed by atoms with van der Waals surface area (Å²) < 4.78 is 0. The molecule has 0 saturated heterocycles. The molecule has 3 nitrogen and oxygen atoms in total. The van der Waals surface area contributed by atoms with E-state index in [1.165, 1.54) is 11.1 Å². The van der Waals surface area contributed by atoms with Crippen molar-refractivity contribution in [2.75, 3.05) is 6.54 Å². The Bertz CT molecular complexity index is 554. The summed E-state index contributed by atoms with van der Waals surface area (Å²) in [6, 6.07) is 20.7. The predicted molar refractivity (Wildman–Crippen MR) is 91.5 cm³/mol. The Labute approximate surface area is 133 Å². The molecule has 2 aromatic rings. The van der Waals surface area contributed by atoms with Crippen molar-refractivity contribution in [1.82, 2.24) is 10.6 Å². The van der Waals surface area contributed by atoms with E-state index in [2.05, 4.69) is 48.7 Å². The van der Waals surface area contributed by atoms with E-state index >= 15 is 0 Å². The third kappa shape index (κ3) is 4.95. The second-order valence-electron chi connectivity index (χ2n) is 6.06. The molecule has 2 rings (SSSR count). The maximum atomic E-state index is 10.6. The van der Waals surface area contributed by atoms with Gasteiger partial charge in [-0.05, 0) is 31.9 Å². The zero-order chi connectivity index (χ0) is 16.0. The van der Waals surface area contributed by atoms with Crippen LogP contribution in [0.15, 0.2) is 60.7 Å². The molecule has 0 aliphatic rings. The standard InChI is InChI=1S/C19H26N2O/c1-15(17-10-6-4-7-11-17)20-14-19(3,22)21-16(2)18-12-8-5-9-13-18/h4-13,15-16,20-22H,14H2,1-3H3/t15-,16-,19?/m0/s1. The van der Waals surface area contributed by atoms with Crippen LogP contribution in [0.2, 0.25) is 0 Å². The van der Waals surface area contributed by atoms with Crippen molar-refractivity contribution in [2.45, 2.75) is 38.6 Å². The highest BCUT2D eigenvalue weighted by molar-refractivity contribution is 5.19. The summed E-state index contributed by atoms with van der Waals surface area (Å²) >= 11 is 0. The van der Waals surface area contributed by atoms with Crippen LogP contribution in [-0.2, 0) is 0 Å². The molecule has 0 bridgehead atoms. The summed E-state index contributed by atoms with van der Waals surface area (Å²) in [4.78, 5) is 0. The molecular weight excluding hydrogens is 272 g/mol. The van der Waals surface area contributed by atoms with Gasteiger partial charge in [0.15, 0.2) is 0 Å². The lowest BCUT2D eigenvalue weighted by Gasteiger charge is -2.31. The molecule has 0 fully saturated rings. The van der Waals surface area contributed by atoms with E-state index in [1.54, 1.807) is 6.92 Å². The lowest BCUT2D eigenvalue weighted by molar-refractivity contribution is 0.0124. The number of rotatable bonds is 7. The van der Waals surface area contributed by atoms with Crippen LogP contribution in [0.5, 0.6) is 0 Å². The minimum absolute atomic E-state index is 0.0880. The molecule has 0 aliphatic heterocycles. The average Bonchev–Trinajstić information content (AvgIpc) is 2.54. The number of hydrogen-bond donors (Lipinski definition) is 3. The third-order valence-electron chi connectivity index (χ3n) is 3.88. The Morgan fingerprint density at radius 3 is 1.82 bits per heavy atom. The van der Waals surface area contributed by atoms with E-state index in [1.807, 2.05) is 36.4 Å². The fourth-order valence-corrected chi connectivity index (χ4v) is 2.55. The zero-order valence-electron chi connectivity index (χ0n) is 13.6. The molecule has 0 aromatic heterocycles. The second kappa shape index (κ2) is 7.54. The van der Waals surface area contributed by atoms with Crippen molar-refractivity contribution >= 4 is 0 Å². The molecule has 0 heterocycles. The lowest BCUT2D eigenvalue weighted by atomic mass is 10.1. The first-order valence-electron chi connectivity index (χ1n) is 7.81. The van der Waals surface area contributed by atoms with E-state index in [0.717, 1.165) is 0 Å². The number of hydrogen-bond acceptors (Lipinski definition) is 3. The van der Waals surface area contributed by atoms with E-state index in [-0.39, 0.29) is 12.1 Å². The number of benzene rings is 2. The molecule has 22 heavy (non-hydrogen) atoms. The highest BCUT2D eigenvalue weighted by Crippen LogP contribution is 2.16. The van der Waals surface area contributed by atoms with E-state index in [4.69, 9.17) is 0 Å². The first-order chi connectivity index (χ1) is 10.5. The third-order valence-corrected chi connectivity index (χ3v) is 3.88. The predicted octanol–water partition coefficient (Wildman–Crippen LogP) is 3.40. The fraction of sp³-hybridized carbons (Fsp3) is 0.368. The van der Waals surface area contributed by atoms with E-state index in [9.17, 15) is 5.11 Å². The Kier molecular flexibility index (Phi) is 5.72. The number of aliphatic hydroxyl groups is 1. The summed E-state index contributed by atoms with van der Waals surface area (Å²) in [6.07, 6.45) is 0. The molecule has 3 N–H and O–H groups in total. The van der Waals surface area contributed by atoms with Gasteiger partial charge in [-0.3, -0.25) is 5.32 Å². The Hall–Kier alpha value is -1.68. The van der Waals surface area contributed by atoms with Crippen LogP contribution in [0.1, 0.15) is 44.0 Å². The molecule has 0 radical (unpaired) electrons. The molecular formula is C19H26N2O. The molecule has 0 saturated carbocycles. The van der Waals surface area contributed by atoms with Crippen LogP contribution < -0.4 is 10.6 Å². The monoisotopic (exact) mass is 298 g/mol. The van der Waals surface area contributed by atoms with Gasteiger partial charge in [0, 0.05) is 18.6 Å². The first-order valence-corrected chi connectivity index (χ1v) is 7.81. The minimum atomic E-state index is -0.974. The quantitative estimate of drug-likeness (QED) is 0.687. The van der Waals surface area contributed by atoms with Gasteiger partial charge < -0.3 is 10.4 Å². The largest absolute Gasteiger partial charge is 0.375 e. The highest BCUT2D eigenvalue weighted by Gasteiger charge is 2.23. The Balaban J connectivity index is 1.88. The van der Waals surface area contributed by atoms with Crippen LogP contribution in [0.25, 0.3) is 0 Å². The van der Waals surface area contributed by atoms with Gasteiger partial charge in [0.1, 0.15) is 5.72 Å². The Morgan fingerprint density at radius 1 is 0.864 bits per heavy atom. The van der Waals surface area contributed by atoms with E-state index in [0.29, 0.717) is 6.54 Å². The SMILES string of the molecule is C[C@H](NCC(C)(O)N[C@@H](C)c1ccccc1)c1ccccc1. The first kappa shape index (κ1) is 16.7. The molecule has 3 heteroatoms. The van der Waals surface area contributed by atoms with Gasteiger partial charge in [0.05, 0.1) is 0 Å². The summed E-state index contributed by atoms with van der Waals surface area (Å²) in [5, 5.41) is 17.2. The molecule has 118 valence electrons. The molecule has 0 spiro atoms. The van der Waals surface area contributed by atoms with Crippen molar-refractivity contribution in [3.63, 3.8) is 0 Å². The molecule has 2 aromatic carbocycles. The van der Waals surface area contributed by atoms with Crippen LogP contribution in [0.3, 0.4) is 0 Å². The average molecular weight is 298 g/mol. The van der Waals surface area contributed by atoms with Gasteiger partial charge in [-0.1, -0.05) is 60.7 Å². The minimum Gasteiger partial charge on any atom is -0.375 e. The van der Waals surface area contributed by atoms with Crippen LogP contribution >= 0.6 is 0 Å². The van der Waals surface area contributed by atoms with Gasteiger partial charge in [0.25, 0.3) is 0 Å². The van der Waals surface area contributed by atoms with Gasteiger partial charge >= 0.3 is 0 Å². The van der Waals surface area contributed by atoms with Crippen molar-refractivity contribution in [3.8, 4) is 0 Å². The molecule has 0 amide bonds. The zero-order valence-corrected chi connectivity index (χ0v) is 13.6. The van der Waals surface area contributed by atoms with Crippen molar-refractivity contribution in [3.05, 3.63) is 71.8 Å². The van der Waals surface area contributed by atoms with Gasteiger partial charge in [-0.2, -0.15) is 0 Å². The summed E-state index contributed by atoms with van der Waals surface area (Å²) in [5.41, 5.74) is 1.41.